The Hall–Kier alpha value is -1.27. The molecule has 0 fully saturated rings. The van der Waals surface area contributed by atoms with E-state index in [1.807, 2.05) is 32.0 Å². The Bertz CT molecular complexity index is 655. The van der Waals surface area contributed by atoms with E-state index in [1.54, 1.807) is 7.05 Å². The highest BCUT2D eigenvalue weighted by atomic mass is 32.2. The average molecular weight is 341 g/mol. The highest BCUT2D eigenvalue weighted by Gasteiger charge is 2.38. The van der Waals surface area contributed by atoms with Gasteiger partial charge < -0.3 is 9.47 Å². The number of hydrogen-bond donors (Lipinski definition) is 0. The van der Waals surface area contributed by atoms with Crippen molar-refractivity contribution < 1.29 is 17.9 Å². The summed E-state index contributed by atoms with van der Waals surface area (Å²) in [5.41, 5.74) is 0.451. The molecule has 1 aromatic rings. The van der Waals surface area contributed by atoms with Crippen molar-refractivity contribution in [3.63, 3.8) is 0 Å². The number of nitrogens with zero attached hydrogens (tertiary/aromatic N) is 1. The van der Waals surface area contributed by atoms with Crippen LogP contribution < -0.4 is 9.47 Å². The minimum Gasteiger partial charge on any atom is -0.494 e. The summed E-state index contributed by atoms with van der Waals surface area (Å²) in [5, 5.41) is 0. The number of fused-ring (bicyclic) bond motifs is 1. The fourth-order valence-electron chi connectivity index (χ4n) is 2.77. The van der Waals surface area contributed by atoms with Gasteiger partial charge in [-0.1, -0.05) is 13.3 Å². The van der Waals surface area contributed by atoms with E-state index in [2.05, 4.69) is 6.92 Å². The molecule has 1 aliphatic heterocycles. The number of ether oxygens (including phenoxy) is 2. The molecule has 0 saturated heterocycles. The van der Waals surface area contributed by atoms with Gasteiger partial charge in [-0.3, -0.25) is 0 Å². The van der Waals surface area contributed by atoms with Gasteiger partial charge in [0, 0.05) is 19.0 Å². The molecule has 0 N–H and O–H groups in total. The minimum absolute atomic E-state index is 0.251. The van der Waals surface area contributed by atoms with Crippen molar-refractivity contribution in [3.05, 3.63) is 23.8 Å². The van der Waals surface area contributed by atoms with Gasteiger partial charge in [0.2, 0.25) is 10.0 Å². The Morgan fingerprint density at radius 3 is 2.70 bits per heavy atom. The Kier molecular flexibility index (Phi) is 5.26. The lowest BCUT2D eigenvalue weighted by Crippen LogP contribution is -2.41. The van der Waals surface area contributed by atoms with Gasteiger partial charge in [0.25, 0.3) is 0 Å². The van der Waals surface area contributed by atoms with Crippen molar-refractivity contribution in [2.75, 3.05) is 19.9 Å². The molecule has 0 amide bonds. The van der Waals surface area contributed by atoms with Crippen LogP contribution in [0.15, 0.2) is 18.2 Å². The second-order valence-electron chi connectivity index (χ2n) is 6.76. The molecular formula is C17H27NO4S. The average Bonchev–Trinajstić information content (AvgIpc) is 2.44. The van der Waals surface area contributed by atoms with Crippen molar-refractivity contribution in [2.24, 2.45) is 0 Å². The topological polar surface area (TPSA) is 55.8 Å². The van der Waals surface area contributed by atoms with Crippen LogP contribution in [-0.4, -0.2) is 38.2 Å². The van der Waals surface area contributed by atoms with Gasteiger partial charge in [-0.15, -0.1) is 0 Å². The lowest BCUT2D eigenvalue weighted by atomic mass is 9.89. The molecule has 0 radical (unpaired) electrons. The summed E-state index contributed by atoms with van der Waals surface area (Å²) in [5.74, 6) is 1.48. The highest BCUT2D eigenvalue weighted by Crippen LogP contribution is 2.44. The molecule has 0 bridgehead atoms. The van der Waals surface area contributed by atoms with E-state index in [0.717, 1.165) is 29.9 Å². The summed E-state index contributed by atoms with van der Waals surface area (Å²) in [6.07, 6.45) is 3.90. The molecule has 2 rings (SSSR count). The lowest BCUT2D eigenvalue weighted by Gasteiger charge is -2.40. The second-order valence-corrected chi connectivity index (χ2v) is 8.80. The third-order valence-electron chi connectivity index (χ3n) is 4.14. The zero-order valence-corrected chi connectivity index (χ0v) is 15.4. The first-order chi connectivity index (χ1) is 10.6. The molecule has 0 spiro atoms. The summed E-state index contributed by atoms with van der Waals surface area (Å²) >= 11 is 0. The van der Waals surface area contributed by atoms with Crippen molar-refractivity contribution in [3.8, 4) is 11.5 Å². The molecule has 1 aliphatic rings. The molecule has 0 aliphatic carbocycles. The third kappa shape index (κ3) is 4.38. The SMILES string of the molecule is CCCCOc1ccc2c(c1)C(N(C)S(C)(=O)=O)CC(C)(C)O2. The molecular weight excluding hydrogens is 314 g/mol. The van der Waals surface area contributed by atoms with Crippen LogP contribution in [0.5, 0.6) is 11.5 Å². The summed E-state index contributed by atoms with van der Waals surface area (Å²) in [4.78, 5) is 0. The van der Waals surface area contributed by atoms with Gasteiger partial charge in [0.05, 0.1) is 18.9 Å². The minimum atomic E-state index is -3.29. The van der Waals surface area contributed by atoms with Gasteiger partial charge in [0.1, 0.15) is 17.1 Å². The molecule has 0 saturated carbocycles. The largest absolute Gasteiger partial charge is 0.494 e. The van der Waals surface area contributed by atoms with E-state index >= 15 is 0 Å². The quantitative estimate of drug-likeness (QED) is 0.745. The van der Waals surface area contributed by atoms with Crippen molar-refractivity contribution in [1.29, 1.82) is 0 Å². The van der Waals surface area contributed by atoms with E-state index in [0.29, 0.717) is 13.0 Å². The molecule has 1 atom stereocenters. The number of rotatable bonds is 6. The number of benzene rings is 1. The standard InChI is InChI=1S/C17H27NO4S/c1-6-7-10-21-13-8-9-16-14(11-13)15(12-17(2,3)22-16)18(4)23(5,19)20/h8-9,11,15H,6-7,10,12H2,1-5H3. The van der Waals surface area contributed by atoms with Crippen LogP contribution in [0.2, 0.25) is 0 Å². The Labute approximate surface area is 139 Å². The van der Waals surface area contributed by atoms with Crippen molar-refractivity contribution in [2.45, 2.75) is 51.7 Å². The van der Waals surface area contributed by atoms with Crippen LogP contribution in [0.25, 0.3) is 0 Å². The van der Waals surface area contributed by atoms with Gasteiger partial charge >= 0.3 is 0 Å². The highest BCUT2D eigenvalue weighted by molar-refractivity contribution is 7.88. The smallest absolute Gasteiger partial charge is 0.211 e. The number of hydrogen-bond acceptors (Lipinski definition) is 4. The predicted octanol–water partition coefficient (Wildman–Crippen LogP) is 3.36. The van der Waals surface area contributed by atoms with Gasteiger partial charge in [-0.2, -0.15) is 4.31 Å². The van der Waals surface area contributed by atoms with Crippen LogP contribution >= 0.6 is 0 Å². The first-order valence-corrected chi connectivity index (χ1v) is 9.87. The van der Waals surface area contributed by atoms with E-state index in [-0.39, 0.29) is 6.04 Å². The maximum atomic E-state index is 12.0. The number of sulfonamides is 1. The van der Waals surface area contributed by atoms with Crippen LogP contribution in [0.1, 0.15) is 51.6 Å². The fraction of sp³-hybridized carbons (Fsp3) is 0.647. The molecule has 130 valence electrons. The fourth-order valence-corrected chi connectivity index (χ4v) is 3.42. The molecule has 6 heteroatoms. The number of unbranched alkanes of at least 4 members (excludes halogenated alkanes) is 1. The van der Waals surface area contributed by atoms with Gasteiger partial charge in [0.15, 0.2) is 0 Å². The molecule has 5 nitrogen and oxygen atoms in total. The van der Waals surface area contributed by atoms with E-state index in [1.165, 1.54) is 10.6 Å². The maximum absolute atomic E-state index is 12.0. The van der Waals surface area contributed by atoms with Crippen LogP contribution in [0.4, 0.5) is 0 Å². The maximum Gasteiger partial charge on any atom is 0.211 e. The van der Waals surface area contributed by atoms with Gasteiger partial charge in [-0.25, -0.2) is 8.42 Å². The monoisotopic (exact) mass is 341 g/mol. The summed E-state index contributed by atoms with van der Waals surface area (Å²) in [6.45, 7) is 6.73. The summed E-state index contributed by atoms with van der Waals surface area (Å²) in [6, 6.07) is 5.42. The Morgan fingerprint density at radius 2 is 2.09 bits per heavy atom. The zero-order valence-electron chi connectivity index (χ0n) is 14.6. The Balaban J connectivity index is 2.36. The summed E-state index contributed by atoms with van der Waals surface area (Å²) < 4.78 is 37.2. The van der Waals surface area contributed by atoms with E-state index < -0.39 is 15.6 Å². The zero-order chi connectivity index (χ0) is 17.3. The second kappa shape index (κ2) is 6.69. The van der Waals surface area contributed by atoms with Crippen molar-refractivity contribution >= 4 is 10.0 Å². The van der Waals surface area contributed by atoms with E-state index in [4.69, 9.17) is 9.47 Å². The summed E-state index contributed by atoms with van der Waals surface area (Å²) in [7, 11) is -1.67. The van der Waals surface area contributed by atoms with Crippen LogP contribution in [0.3, 0.4) is 0 Å². The first kappa shape index (κ1) is 18.1. The lowest BCUT2D eigenvalue weighted by molar-refractivity contribution is 0.0540. The molecule has 1 heterocycles. The molecule has 23 heavy (non-hydrogen) atoms. The molecule has 0 aromatic heterocycles. The first-order valence-electron chi connectivity index (χ1n) is 8.03. The van der Waals surface area contributed by atoms with E-state index in [9.17, 15) is 8.42 Å². The predicted molar refractivity (Wildman–Crippen MR) is 91.5 cm³/mol. The molecule has 1 unspecified atom stereocenters. The Morgan fingerprint density at radius 1 is 1.39 bits per heavy atom. The third-order valence-corrected chi connectivity index (χ3v) is 5.44. The molecule has 1 aromatic carbocycles. The van der Waals surface area contributed by atoms with Crippen LogP contribution in [0, 0.1) is 0 Å². The van der Waals surface area contributed by atoms with Crippen molar-refractivity contribution in [1.82, 2.24) is 4.31 Å². The van der Waals surface area contributed by atoms with Crippen LogP contribution in [-0.2, 0) is 10.0 Å². The van der Waals surface area contributed by atoms with Gasteiger partial charge in [-0.05, 0) is 38.5 Å². The normalized spacial score (nSPS) is 20.0.